The number of guanidine groups is 1. The lowest BCUT2D eigenvalue weighted by atomic mass is 10.0. The molecule has 0 saturated heterocycles. The molecule has 1 aromatic rings. The molecule has 0 aliphatic heterocycles. The number of unbranched alkanes of at least 4 members (excludes halogenated alkanes) is 2. The number of rotatable bonds is 6. The maximum Gasteiger partial charge on any atom is 0.281 e. The van der Waals surface area contributed by atoms with E-state index in [0.717, 1.165) is 25.5 Å². The average molecular weight is 390 g/mol. The van der Waals surface area contributed by atoms with E-state index in [4.69, 9.17) is 11.5 Å². The first-order valence-electron chi connectivity index (χ1n) is 6.83. The highest BCUT2D eigenvalue weighted by molar-refractivity contribution is 9.10. The topological polar surface area (TPSA) is 116 Å². The summed E-state index contributed by atoms with van der Waals surface area (Å²) in [5, 5.41) is 0. The molecule has 8 heteroatoms. The van der Waals surface area contributed by atoms with Crippen molar-refractivity contribution in [1.29, 1.82) is 0 Å². The van der Waals surface area contributed by atoms with Gasteiger partial charge in [0.05, 0.1) is 10.5 Å². The fraction of sp³-hybridized carbons (Fsp3) is 0.429. The predicted octanol–water partition coefficient (Wildman–Crippen LogP) is 2.00. The molecule has 0 atom stereocenters. The molecule has 122 valence electrons. The normalized spacial score (nSPS) is 11.2. The van der Waals surface area contributed by atoms with Crippen molar-refractivity contribution in [1.82, 2.24) is 0 Å². The van der Waals surface area contributed by atoms with Gasteiger partial charge in [-0.15, -0.1) is 0 Å². The van der Waals surface area contributed by atoms with Crippen molar-refractivity contribution in [3.63, 3.8) is 0 Å². The summed E-state index contributed by atoms with van der Waals surface area (Å²) in [6.07, 6.45) is 4.68. The number of hydrogen-bond donors (Lipinski definition) is 2. The Hall–Kier alpha value is -1.41. The molecule has 22 heavy (non-hydrogen) atoms. The van der Waals surface area contributed by atoms with Crippen LogP contribution in [-0.2, 0) is 16.3 Å². The third-order valence-electron chi connectivity index (χ3n) is 3.06. The number of carbonyl (C=O) groups is 1. The number of amides is 1. The lowest BCUT2D eigenvalue weighted by Crippen LogP contribution is -2.24. The monoisotopic (exact) mass is 389 g/mol. The van der Waals surface area contributed by atoms with Crippen LogP contribution >= 0.6 is 15.9 Å². The van der Waals surface area contributed by atoms with E-state index in [1.807, 2.05) is 0 Å². The van der Waals surface area contributed by atoms with Gasteiger partial charge in [-0.1, -0.05) is 19.8 Å². The van der Waals surface area contributed by atoms with Gasteiger partial charge in [0.1, 0.15) is 0 Å². The summed E-state index contributed by atoms with van der Waals surface area (Å²) in [4.78, 5) is 15.5. The van der Waals surface area contributed by atoms with E-state index in [-0.39, 0.29) is 16.4 Å². The van der Waals surface area contributed by atoms with E-state index < -0.39 is 15.7 Å². The van der Waals surface area contributed by atoms with E-state index in [9.17, 15) is 13.2 Å². The molecule has 1 aromatic carbocycles. The molecule has 0 aromatic heterocycles. The number of nitrogens with zero attached hydrogens (tertiary/aromatic N) is 1. The van der Waals surface area contributed by atoms with Crippen LogP contribution in [0.15, 0.2) is 26.5 Å². The second-order valence-corrected chi connectivity index (χ2v) is 7.85. The van der Waals surface area contributed by atoms with Gasteiger partial charge in [-0.25, -0.2) is 8.42 Å². The maximum atomic E-state index is 12.0. The summed E-state index contributed by atoms with van der Waals surface area (Å²) >= 11 is 3.28. The van der Waals surface area contributed by atoms with E-state index >= 15 is 0 Å². The molecule has 0 unspecified atom stereocenters. The van der Waals surface area contributed by atoms with Crippen molar-refractivity contribution in [2.24, 2.45) is 16.5 Å². The highest BCUT2D eigenvalue weighted by Crippen LogP contribution is 2.27. The van der Waals surface area contributed by atoms with Crippen LogP contribution in [0.25, 0.3) is 0 Å². The number of aryl methyl sites for hydroxylation is 1. The molecule has 4 N–H and O–H groups in total. The van der Waals surface area contributed by atoms with Gasteiger partial charge in [0.15, 0.2) is 15.8 Å². The van der Waals surface area contributed by atoms with Gasteiger partial charge >= 0.3 is 0 Å². The zero-order valence-electron chi connectivity index (χ0n) is 12.6. The van der Waals surface area contributed by atoms with Crippen LogP contribution in [-0.4, -0.2) is 26.5 Å². The first-order chi connectivity index (χ1) is 10.2. The van der Waals surface area contributed by atoms with E-state index in [2.05, 4.69) is 27.8 Å². The molecule has 1 amide bonds. The standard InChI is InChI=1S/C14H20BrN3O3S/c1-3-4-5-6-9-7-11(15)10(13(19)18-14(16)17)8-12(9)22(2,20)21/h7-8H,3-6H2,1-2H3,(H4,16,17,18,19). The van der Waals surface area contributed by atoms with Crippen molar-refractivity contribution in [3.05, 3.63) is 27.7 Å². The number of carbonyl (C=O) groups excluding carboxylic acids is 1. The van der Waals surface area contributed by atoms with Crippen molar-refractivity contribution >= 4 is 37.6 Å². The lowest BCUT2D eigenvalue weighted by Gasteiger charge is -2.11. The minimum atomic E-state index is -3.46. The van der Waals surface area contributed by atoms with E-state index in [1.54, 1.807) is 6.07 Å². The molecule has 0 heterocycles. The number of hydrogen-bond acceptors (Lipinski definition) is 3. The number of benzene rings is 1. The van der Waals surface area contributed by atoms with E-state index in [1.165, 1.54) is 6.07 Å². The van der Waals surface area contributed by atoms with Gasteiger partial charge in [0.2, 0.25) is 0 Å². The van der Waals surface area contributed by atoms with Crippen LogP contribution in [0.3, 0.4) is 0 Å². The maximum absolute atomic E-state index is 12.0. The molecule has 0 aliphatic carbocycles. The number of halogens is 1. The Morgan fingerprint density at radius 2 is 1.91 bits per heavy atom. The Bertz CT molecular complexity index is 696. The smallest absolute Gasteiger partial charge is 0.281 e. The molecular formula is C14H20BrN3O3S. The quantitative estimate of drug-likeness (QED) is 0.438. The number of aliphatic imine (C=N–C) groups is 1. The van der Waals surface area contributed by atoms with Crippen LogP contribution in [0.1, 0.15) is 42.1 Å². The molecule has 0 radical (unpaired) electrons. The SMILES string of the molecule is CCCCCc1cc(Br)c(C(=O)N=C(N)N)cc1S(C)(=O)=O. The Balaban J connectivity index is 3.36. The van der Waals surface area contributed by atoms with Gasteiger partial charge in [-0.3, -0.25) is 4.79 Å². The van der Waals surface area contributed by atoms with Crippen LogP contribution in [0.5, 0.6) is 0 Å². The molecule has 1 rings (SSSR count). The largest absolute Gasteiger partial charge is 0.370 e. The van der Waals surface area contributed by atoms with Crippen molar-refractivity contribution in [2.75, 3.05) is 6.26 Å². The van der Waals surface area contributed by atoms with Crippen LogP contribution < -0.4 is 11.5 Å². The zero-order valence-corrected chi connectivity index (χ0v) is 15.0. The van der Waals surface area contributed by atoms with Crippen molar-refractivity contribution in [3.8, 4) is 0 Å². The molecular weight excluding hydrogens is 370 g/mol. The minimum absolute atomic E-state index is 0.119. The van der Waals surface area contributed by atoms with Crippen molar-refractivity contribution in [2.45, 2.75) is 37.5 Å². The molecule has 6 nitrogen and oxygen atoms in total. The minimum Gasteiger partial charge on any atom is -0.370 e. The third-order valence-corrected chi connectivity index (χ3v) is 4.90. The van der Waals surface area contributed by atoms with Gasteiger partial charge in [0.25, 0.3) is 5.91 Å². The average Bonchev–Trinajstić information content (AvgIpc) is 2.36. The fourth-order valence-corrected chi connectivity index (χ4v) is 3.57. The summed E-state index contributed by atoms with van der Waals surface area (Å²) in [5.74, 6) is -1.05. The summed E-state index contributed by atoms with van der Waals surface area (Å²) in [7, 11) is -3.46. The third kappa shape index (κ3) is 5.10. The Labute approximate surface area is 139 Å². The van der Waals surface area contributed by atoms with E-state index in [0.29, 0.717) is 16.5 Å². The van der Waals surface area contributed by atoms with Crippen LogP contribution in [0, 0.1) is 0 Å². The first-order valence-corrected chi connectivity index (χ1v) is 9.51. The van der Waals surface area contributed by atoms with Crippen LogP contribution in [0.2, 0.25) is 0 Å². The summed E-state index contributed by atoms with van der Waals surface area (Å²) in [6, 6.07) is 2.98. The number of sulfone groups is 1. The Morgan fingerprint density at radius 1 is 1.27 bits per heavy atom. The van der Waals surface area contributed by atoms with Crippen molar-refractivity contribution < 1.29 is 13.2 Å². The lowest BCUT2D eigenvalue weighted by molar-refractivity contribution is 0.100. The first kappa shape index (κ1) is 18.6. The molecule has 0 aliphatic rings. The molecule has 0 fully saturated rings. The summed E-state index contributed by atoms with van der Waals surface area (Å²) in [6.45, 7) is 2.07. The highest BCUT2D eigenvalue weighted by atomic mass is 79.9. The molecule has 0 spiro atoms. The predicted molar refractivity (Wildman–Crippen MR) is 90.6 cm³/mol. The number of nitrogens with two attached hydrogens (primary N) is 2. The summed E-state index contributed by atoms with van der Waals surface area (Å²) in [5.41, 5.74) is 11.2. The Morgan fingerprint density at radius 3 is 2.41 bits per heavy atom. The van der Waals surface area contributed by atoms with Crippen LogP contribution in [0.4, 0.5) is 0 Å². The zero-order chi connectivity index (χ0) is 16.9. The second-order valence-electron chi connectivity index (χ2n) is 5.01. The van der Waals surface area contributed by atoms with Gasteiger partial charge in [0, 0.05) is 10.7 Å². The van der Waals surface area contributed by atoms with Gasteiger partial charge in [-0.05, 0) is 46.5 Å². The molecule has 0 saturated carbocycles. The fourth-order valence-electron chi connectivity index (χ4n) is 2.04. The van der Waals surface area contributed by atoms with Gasteiger partial charge < -0.3 is 11.5 Å². The van der Waals surface area contributed by atoms with Gasteiger partial charge in [-0.2, -0.15) is 4.99 Å². The second kappa shape index (κ2) is 7.73. The molecule has 0 bridgehead atoms. The highest BCUT2D eigenvalue weighted by Gasteiger charge is 2.19. The Kier molecular flexibility index (Phi) is 6.55. The summed E-state index contributed by atoms with van der Waals surface area (Å²) < 4.78 is 24.4.